The number of amidine groups is 1. The van der Waals surface area contributed by atoms with Gasteiger partial charge in [0, 0.05) is 6.20 Å². The molecule has 0 saturated carbocycles. The third-order valence-corrected chi connectivity index (χ3v) is 3.40. The molecule has 1 N–H and O–H groups in total. The molecule has 0 unspecified atom stereocenters. The van der Waals surface area contributed by atoms with Crippen molar-refractivity contribution in [1.29, 1.82) is 5.26 Å². The van der Waals surface area contributed by atoms with E-state index in [-0.39, 0.29) is 0 Å². The summed E-state index contributed by atoms with van der Waals surface area (Å²) in [5.41, 5.74) is 0.660. The Morgan fingerprint density at radius 2 is 2.36 bits per heavy atom. The Morgan fingerprint density at radius 3 is 3.05 bits per heavy atom. The van der Waals surface area contributed by atoms with Gasteiger partial charge in [-0.05, 0) is 18.4 Å². The number of hydrogen-bond donors (Lipinski definition) is 1. The van der Waals surface area contributed by atoms with Gasteiger partial charge in [-0.15, -0.1) is 0 Å². The highest BCUT2D eigenvalue weighted by Gasteiger charge is 2.04. The molecule has 1 heterocycles. The fraction of sp³-hybridized carbons (Fsp3) is 0.214. The first-order valence-corrected chi connectivity index (χ1v) is 8.01. The maximum absolute atomic E-state index is 8.68. The van der Waals surface area contributed by atoms with Gasteiger partial charge in [0.2, 0.25) is 0 Å². The summed E-state index contributed by atoms with van der Waals surface area (Å²) in [5, 5.41) is 16.4. The molecule has 1 aromatic carbocycles. The van der Waals surface area contributed by atoms with E-state index in [9.17, 15) is 0 Å². The van der Waals surface area contributed by atoms with Gasteiger partial charge in [-0.2, -0.15) is 10.4 Å². The van der Waals surface area contributed by atoms with Crippen LogP contribution < -0.4 is 10.1 Å². The highest BCUT2D eigenvalue weighted by atomic mass is 35.5. The number of aliphatic imine (C=N–C) groups is 1. The number of ether oxygens (including phenoxy) is 1. The molecule has 0 amide bonds. The van der Waals surface area contributed by atoms with E-state index < -0.39 is 0 Å². The van der Waals surface area contributed by atoms with Crippen LogP contribution in [0.2, 0.25) is 5.02 Å². The lowest BCUT2D eigenvalue weighted by Crippen LogP contribution is -2.12. The van der Waals surface area contributed by atoms with Crippen LogP contribution in [0.25, 0.3) is 0 Å². The number of halogens is 1. The number of aromatic nitrogens is 2. The number of benzene rings is 1. The second-order valence-electron chi connectivity index (χ2n) is 4.10. The van der Waals surface area contributed by atoms with Crippen molar-refractivity contribution in [3.05, 3.63) is 41.7 Å². The molecule has 0 atom stereocenters. The van der Waals surface area contributed by atoms with E-state index in [0.29, 0.717) is 34.8 Å². The molecule has 2 rings (SSSR count). The summed E-state index contributed by atoms with van der Waals surface area (Å²) in [6.45, 7) is 1.02. The second kappa shape index (κ2) is 8.32. The van der Waals surface area contributed by atoms with E-state index in [0.717, 1.165) is 0 Å². The summed E-state index contributed by atoms with van der Waals surface area (Å²) >= 11 is 7.16. The van der Waals surface area contributed by atoms with Gasteiger partial charge in [0.15, 0.2) is 11.4 Å². The summed E-state index contributed by atoms with van der Waals surface area (Å²) < 4.78 is 7.45. The van der Waals surface area contributed by atoms with Crippen molar-refractivity contribution in [1.82, 2.24) is 15.1 Å². The third kappa shape index (κ3) is 4.69. The molecule has 0 fully saturated rings. The van der Waals surface area contributed by atoms with Gasteiger partial charge >= 0.3 is 0 Å². The predicted octanol–water partition coefficient (Wildman–Crippen LogP) is 3.04. The lowest BCUT2D eigenvalue weighted by atomic mass is 10.3. The van der Waals surface area contributed by atoms with Crippen LogP contribution in [0.4, 0.5) is 5.69 Å². The number of hydrogen-bond acceptors (Lipinski definition) is 5. The maximum atomic E-state index is 8.68. The van der Waals surface area contributed by atoms with Crippen LogP contribution in [0.3, 0.4) is 0 Å². The van der Waals surface area contributed by atoms with E-state index in [1.165, 1.54) is 11.8 Å². The van der Waals surface area contributed by atoms with E-state index in [2.05, 4.69) is 15.4 Å². The normalized spacial score (nSPS) is 11.0. The van der Waals surface area contributed by atoms with E-state index in [1.54, 1.807) is 17.1 Å². The van der Waals surface area contributed by atoms with Crippen LogP contribution in [-0.4, -0.2) is 27.8 Å². The maximum Gasteiger partial charge on any atom is 0.183 e. The first-order valence-electron chi connectivity index (χ1n) is 6.40. The molecule has 0 aliphatic rings. The molecule has 0 saturated heterocycles. The van der Waals surface area contributed by atoms with Gasteiger partial charge in [-0.25, -0.2) is 4.99 Å². The third-order valence-electron chi connectivity index (χ3n) is 2.62. The van der Waals surface area contributed by atoms with Gasteiger partial charge in [0.1, 0.15) is 18.0 Å². The van der Waals surface area contributed by atoms with Crippen molar-refractivity contribution in [2.24, 2.45) is 4.99 Å². The smallest absolute Gasteiger partial charge is 0.183 e. The molecular formula is C14H14ClN5OS. The minimum Gasteiger partial charge on any atom is -0.489 e. The minimum absolute atomic E-state index is 0.435. The largest absolute Gasteiger partial charge is 0.489 e. The summed E-state index contributed by atoms with van der Waals surface area (Å²) in [7, 11) is 0. The number of nitriles is 1. The summed E-state index contributed by atoms with van der Waals surface area (Å²) in [5.74, 6) is 0.645. The van der Waals surface area contributed by atoms with E-state index in [4.69, 9.17) is 21.6 Å². The van der Waals surface area contributed by atoms with Gasteiger partial charge in [0.05, 0.1) is 17.8 Å². The molecule has 0 aliphatic heterocycles. The lowest BCUT2D eigenvalue weighted by molar-refractivity contribution is 0.292. The Hall–Kier alpha value is -2.17. The zero-order valence-corrected chi connectivity index (χ0v) is 13.4. The number of para-hydroxylation sites is 2. The molecule has 0 spiro atoms. The fourth-order valence-corrected chi connectivity index (χ4v) is 2.16. The Balaban J connectivity index is 2.03. The van der Waals surface area contributed by atoms with Gasteiger partial charge in [-0.3, -0.25) is 10.00 Å². The fourth-order valence-electron chi connectivity index (χ4n) is 1.66. The van der Waals surface area contributed by atoms with Crippen molar-refractivity contribution in [2.45, 2.75) is 6.54 Å². The summed E-state index contributed by atoms with van der Waals surface area (Å²) in [4.78, 5) is 4.37. The molecule has 8 heteroatoms. The van der Waals surface area contributed by atoms with E-state index >= 15 is 0 Å². The molecule has 0 radical (unpaired) electrons. The number of nitrogens with zero attached hydrogens (tertiary/aromatic N) is 4. The molecule has 6 nitrogen and oxygen atoms in total. The zero-order valence-electron chi connectivity index (χ0n) is 11.9. The Labute approximate surface area is 137 Å². The van der Waals surface area contributed by atoms with Crippen molar-refractivity contribution >= 4 is 34.2 Å². The molecule has 0 aliphatic carbocycles. The minimum atomic E-state index is 0.435. The molecule has 22 heavy (non-hydrogen) atoms. The molecule has 114 valence electrons. The number of rotatable bonds is 5. The van der Waals surface area contributed by atoms with Gasteiger partial charge < -0.3 is 4.74 Å². The Bertz CT molecular complexity index is 695. The van der Waals surface area contributed by atoms with E-state index in [1.807, 2.05) is 36.7 Å². The number of nitrogens with one attached hydrogen (secondary N) is 1. The van der Waals surface area contributed by atoms with Crippen LogP contribution >= 0.6 is 23.4 Å². The second-order valence-corrected chi connectivity index (χ2v) is 5.33. The van der Waals surface area contributed by atoms with Crippen LogP contribution in [0.15, 0.2) is 41.7 Å². The Kier molecular flexibility index (Phi) is 6.13. The highest BCUT2D eigenvalue weighted by Crippen LogP contribution is 2.27. The quantitative estimate of drug-likeness (QED) is 0.393. The van der Waals surface area contributed by atoms with Crippen molar-refractivity contribution in [3.63, 3.8) is 0 Å². The van der Waals surface area contributed by atoms with Crippen LogP contribution in [-0.2, 0) is 6.54 Å². The first kappa shape index (κ1) is 16.2. The van der Waals surface area contributed by atoms with Crippen molar-refractivity contribution in [3.8, 4) is 11.9 Å². The predicted molar refractivity (Wildman–Crippen MR) is 88.5 cm³/mol. The van der Waals surface area contributed by atoms with Crippen LogP contribution in [0.1, 0.15) is 0 Å². The molecule has 2 aromatic rings. The molecular weight excluding hydrogens is 322 g/mol. The van der Waals surface area contributed by atoms with Crippen molar-refractivity contribution < 1.29 is 4.74 Å². The van der Waals surface area contributed by atoms with Gasteiger partial charge in [-0.1, -0.05) is 35.5 Å². The summed E-state index contributed by atoms with van der Waals surface area (Å²) in [6.07, 6.45) is 7.02. The topological polar surface area (TPSA) is 75.2 Å². The van der Waals surface area contributed by atoms with Gasteiger partial charge in [0.25, 0.3) is 0 Å². The average molecular weight is 336 g/mol. The first-order chi connectivity index (χ1) is 10.7. The SMILES string of the molecule is CSC(=Nc1ccccc1OCCn1cc(Cl)cn1)NC#N. The summed E-state index contributed by atoms with van der Waals surface area (Å²) in [6, 6.07) is 7.40. The van der Waals surface area contributed by atoms with Crippen LogP contribution in [0.5, 0.6) is 5.75 Å². The van der Waals surface area contributed by atoms with Crippen molar-refractivity contribution in [2.75, 3.05) is 12.9 Å². The monoisotopic (exact) mass is 335 g/mol. The number of thioether (sulfide) groups is 1. The van der Waals surface area contributed by atoms with Crippen LogP contribution in [0, 0.1) is 11.5 Å². The Morgan fingerprint density at radius 1 is 1.55 bits per heavy atom. The zero-order chi connectivity index (χ0) is 15.8. The highest BCUT2D eigenvalue weighted by molar-refractivity contribution is 8.13. The lowest BCUT2D eigenvalue weighted by Gasteiger charge is -2.09. The molecule has 1 aromatic heterocycles. The molecule has 0 bridgehead atoms. The standard InChI is InChI=1S/C14H14ClN5OS/c1-22-14(17-10-16)19-12-4-2-3-5-13(12)21-7-6-20-9-11(15)8-18-20/h2-5,8-9H,6-7H2,1H3,(H,17,19). The average Bonchev–Trinajstić information content (AvgIpc) is 2.94.